The normalized spacial score (nSPS) is 16.4. The van der Waals surface area contributed by atoms with Crippen molar-refractivity contribution in [2.24, 2.45) is 0 Å². The lowest BCUT2D eigenvalue weighted by molar-refractivity contribution is -0.149. The lowest BCUT2D eigenvalue weighted by Crippen LogP contribution is -2.64. The van der Waals surface area contributed by atoms with E-state index >= 15 is 0 Å². The van der Waals surface area contributed by atoms with Gasteiger partial charge in [0.2, 0.25) is 11.8 Å². The van der Waals surface area contributed by atoms with E-state index in [1.807, 2.05) is 0 Å². The van der Waals surface area contributed by atoms with Crippen LogP contribution in [0.25, 0.3) is 0 Å². The summed E-state index contributed by atoms with van der Waals surface area (Å²) in [6.07, 6.45) is -0.0662. The summed E-state index contributed by atoms with van der Waals surface area (Å²) in [6, 6.07) is 3.95. The molecule has 1 fully saturated rings. The zero-order chi connectivity index (χ0) is 26.7. The number of nitrogens with one attached hydrogen (secondary N) is 3. The molecule has 3 atom stereocenters. The molecule has 0 aliphatic carbocycles. The second kappa shape index (κ2) is 14.0. The molecule has 3 amide bonds. The Hall–Kier alpha value is -2.93. The molecule has 0 aromatic heterocycles. The molecule has 3 unspecified atom stereocenters. The van der Waals surface area contributed by atoms with Crippen LogP contribution in [0.4, 0.5) is 5.69 Å². The number of benzene rings is 1. The van der Waals surface area contributed by atoms with Gasteiger partial charge in [-0.05, 0) is 44.5 Å². The molecule has 2 rings (SSSR count). The summed E-state index contributed by atoms with van der Waals surface area (Å²) in [5.74, 6) is -1.79. The SMILES string of the molecule is CCCCOc1ccc(NC(C(=O)NC(C(=O)N2CCOCC2)C(C)(C)OC)C(O)C(=O)NO)cc1. The molecule has 0 bridgehead atoms. The number of hydrogen-bond donors (Lipinski definition) is 5. The van der Waals surface area contributed by atoms with Gasteiger partial charge in [0.25, 0.3) is 5.91 Å². The van der Waals surface area contributed by atoms with Crippen LogP contribution in [0.15, 0.2) is 24.3 Å². The van der Waals surface area contributed by atoms with Gasteiger partial charge in [-0.15, -0.1) is 0 Å². The second-order valence-electron chi connectivity index (χ2n) is 8.96. The van der Waals surface area contributed by atoms with Crippen LogP contribution < -0.4 is 20.9 Å². The molecule has 1 aliphatic heterocycles. The van der Waals surface area contributed by atoms with Gasteiger partial charge in [0.1, 0.15) is 17.8 Å². The van der Waals surface area contributed by atoms with Crippen LogP contribution in [0, 0.1) is 0 Å². The molecule has 202 valence electrons. The van der Waals surface area contributed by atoms with Gasteiger partial charge in [-0.1, -0.05) is 13.3 Å². The highest BCUT2D eigenvalue weighted by molar-refractivity contribution is 5.96. The number of unbranched alkanes of at least 4 members (excludes halogenated alkanes) is 1. The van der Waals surface area contributed by atoms with Gasteiger partial charge in [-0.2, -0.15) is 0 Å². The molecule has 1 heterocycles. The quantitative estimate of drug-likeness (QED) is 0.143. The fraction of sp³-hybridized carbons (Fsp3) is 0.625. The first-order chi connectivity index (χ1) is 17.1. The van der Waals surface area contributed by atoms with Crippen molar-refractivity contribution in [2.75, 3.05) is 45.3 Å². The van der Waals surface area contributed by atoms with Crippen molar-refractivity contribution in [1.29, 1.82) is 0 Å². The third-order valence-corrected chi connectivity index (χ3v) is 6.00. The van der Waals surface area contributed by atoms with Gasteiger partial charge in [0, 0.05) is 25.9 Å². The van der Waals surface area contributed by atoms with Crippen molar-refractivity contribution < 1.29 is 38.9 Å². The van der Waals surface area contributed by atoms with E-state index in [1.165, 1.54) is 12.6 Å². The molecule has 1 aromatic carbocycles. The van der Waals surface area contributed by atoms with Gasteiger partial charge in [0.05, 0.1) is 25.4 Å². The van der Waals surface area contributed by atoms with E-state index in [1.54, 1.807) is 43.0 Å². The molecule has 36 heavy (non-hydrogen) atoms. The average Bonchev–Trinajstić information content (AvgIpc) is 2.90. The molecule has 0 spiro atoms. The highest BCUT2D eigenvalue weighted by Gasteiger charge is 2.42. The number of methoxy groups -OCH3 is 1. The van der Waals surface area contributed by atoms with Crippen molar-refractivity contribution >= 4 is 23.4 Å². The smallest absolute Gasteiger partial charge is 0.274 e. The maximum absolute atomic E-state index is 13.3. The number of anilines is 1. The topological polar surface area (TPSA) is 159 Å². The summed E-state index contributed by atoms with van der Waals surface area (Å²) in [5.41, 5.74) is 0.644. The van der Waals surface area contributed by atoms with E-state index in [0.29, 0.717) is 44.3 Å². The lowest BCUT2D eigenvalue weighted by Gasteiger charge is -2.38. The van der Waals surface area contributed by atoms with Crippen LogP contribution in [-0.2, 0) is 23.9 Å². The average molecular weight is 511 g/mol. The van der Waals surface area contributed by atoms with Crippen molar-refractivity contribution in [3.63, 3.8) is 0 Å². The number of ether oxygens (including phenoxy) is 3. The highest BCUT2D eigenvalue weighted by Crippen LogP contribution is 2.20. The third kappa shape index (κ3) is 8.05. The van der Waals surface area contributed by atoms with Gasteiger partial charge >= 0.3 is 0 Å². The minimum Gasteiger partial charge on any atom is -0.494 e. The molecule has 12 heteroatoms. The molecule has 0 radical (unpaired) electrons. The Morgan fingerprint density at radius 3 is 2.33 bits per heavy atom. The molecule has 1 saturated heterocycles. The first-order valence-corrected chi connectivity index (χ1v) is 12.0. The van der Waals surface area contributed by atoms with E-state index < -0.39 is 35.6 Å². The molecule has 0 saturated carbocycles. The van der Waals surface area contributed by atoms with Gasteiger partial charge in [0.15, 0.2) is 6.10 Å². The van der Waals surface area contributed by atoms with E-state index in [0.717, 1.165) is 12.8 Å². The Balaban J connectivity index is 2.24. The van der Waals surface area contributed by atoms with Gasteiger partial charge < -0.3 is 34.9 Å². The Morgan fingerprint density at radius 1 is 1.14 bits per heavy atom. The maximum atomic E-state index is 13.3. The van der Waals surface area contributed by atoms with E-state index in [4.69, 9.17) is 19.4 Å². The Kier molecular flexibility index (Phi) is 11.4. The molecular formula is C24H38N4O8. The fourth-order valence-corrected chi connectivity index (χ4v) is 3.52. The van der Waals surface area contributed by atoms with Gasteiger partial charge in [-0.25, -0.2) is 5.48 Å². The number of aliphatic hydroxyl groups is 1. The molecular weight excluding hydrogens is 472 g/mol. The first kappa shape index (κ1) is 29.3. The number of carbonyl (C=O) groups excluding carboxylic acids is 3. The van der Waals surface area contributed by atoms with E-state index in [-0.39, 0.29) is 5.91 Å². The summed E-state index contributed by atoms with van der Waals surface area (Å²) >= 11 is 0. The third-order valence-electron chi connectivity index (χ3n) is 6.00. The Morgan fingerprint density at radius 2 is 1.78 bits per heavy atom. The number of hydroxylamine groups is 1. The van der Waals surface area contributed by atoms with Crippen LogP contribution in [-0.4, -0.2) is 96.7 Å². The predicted molar refractivity (Wildman–Crippen MR) is 131 cm³/mol. The first-order valence-electron chi connectivity index (χ1n) is 12.0. The van der Waals surface area contributed by atoms with Crippen molar-refractivity contribution in [2.45, 2.75) is 57.4 Å². The van der Waals surface area contributed by atoms with E-state index in [9.17, 15) is 19.5 Å². The maximum Gasteiger partial charge on any atom is 0.274 e. The zero-order valence-corrected chi connectivity index (χ0v) is 21.3. The Bertz CT molecular complexity index is 858. The number of nitrogens with zero attached hydrogens (tertiary/aromatic N) is 1. The lowest BCUT2D eigenvalue weighted by atomic mass is 9.95. The molecule has 12 nitrogen and oxygen atoms in total. The summed E-state index contributed by atoms with van der Waals surface area (Å²) in [6.45, 7) is 7.37. The molecule has 5 N–H and O–H groups in total. The second-order valence-corrected chi connectivity index (χ2v) is 8.96. The Labute approximate surface area is 211 Å². The number of rotatable bonds is 13. The number of amides is 3. The van der Waals surface area contributed by atoms with Crippen LogP contribution >= 0.6 is 0 Å². The largest absolute Gasteiger partial charge is 0.494 e. The van der Waals surface area contributed by atoms with Gasteiger partial charge in [-0.3, -0.25) is 19.6 Å². The fourth-order valence-electron chi connectivity index (χ4n) is 3.52. The minimum atomic E-state index is -1.97. The zero-order valence-electron chi connectivity index (χ0n) is 21.3. The van der Waals surface area contributed by atoms with Crippen LogP contribution in [0.5, 0.6) is 5.75 Å². The van der Waals surface area contributed by atoms with Crippen LogP contribution in [0.1, 0.15) is 33.6 Å². The standard InChI is InChI=1S/C24H38N4O8/c1-5-6-13-36-17-9-7-16(8-10-17)25-18(19(29)22(31)27-33)21(30)26-20(24(2,3)34-4)23(32)28-11-14-35-15-12-28/h7-10,18-20,25,29,33H,5-6,11-15H2,1-4H3,(H,26,30)(H,27,31). The van der Waals surface area contributed by atoms with E-state index in [2.05, 4.69) is 17.6 Å². The van der Waals surface area contributed by atoms with Crippen LogP contribution in [0.3, 0.4) is 0 Å². The van der Waals surface area contributed by atoms with Crippen molar-refractivity contribution in [3.8, 4) is 5.75 Å². The summed E-state index contributed by atoms with van der Waals surface area (Å²) in [4.78, 5) is 40.2. The number of hydrogen-bond acceptors (Lipinski definition) is 9. The highest BCUT2D eigenvalue weighted by atomic mass is 16.5. The number of carbonyl (C=O) groups is 3. The monoisotopic (exact) mass is 510 g/mol. The summed E-state index contributed by atoms with van der Waals surface area (Å²) < 4.78 is 16.4. The summed E-state index contributed by atoms with van der Waals surface area (Å²) in [5, 5.41) is 25.0. The predicted octanol–water partition coefficient (Wildman–Crippen LogP) is 0.281. The number of aliphatic hydroxyl groups excluding tert-OH is 1. The molecule has 1 aromatic rings. The van der Waals surface area contributed by atoms with Crippen molar-refractivity contribution in [3.05, 3.63) is 24.3 Å². The van der Waals surface area contributed by atoms with Crippen LogP contribution in [0.2, 0.25) is 0 Å². The summed E-state index contributed by atoms with van der Waals surface area (Å²) in [7, 11) is 1.42. The molecule has 1 aliphatic rings. The minimum absolute atomic E-state index is 0.356. The van der Waals surface area contributed by atoms with Crippen molar-refractivity contribution in [1.82, 2.24) is 15.7 Å². The number of morpholine rings is 1.